The molecule has 1 heterocycles. The number of pyridine rings is 1. The molecular formula is C14H13FN4O2. The van der Waals surface area contributed by atoms with Crippen LogP contribution < -0.4 is 10.6 Å². The maximum Gasteiger partial charge on any atom is 0.276 e. The Morgan fingerprint density at radius 2 is 2.14 bits per heavy atom. The van der Waals surface area contributed by atoms with Crippen LogP contribution in [0.4, 0.5) is 10.1 Å². The monoisotopic (exact) mass is 288 g/mol. The Labute approximate surface area is 120 Å². The minimum absolute atomic E-state index is 0.0972. The molecule has 1 aromatic heterocycles. The van der Waals surface area contributed by atoms with E-state index in [1.165, 1.54) is 48.5 Å². The van der Waals surface area contributed by atoms with Crippen molar-refractivity contribution in [2.24, 2.45) is 10.9 Å². The lowest BCUT2D eigenvalue weighted by molar-refractivity contribution is 0.0988. The highest BCUT2D eigenvalue weighted by atomic mass is 19.1. The molecule has 0 fully saturated rings. The van der Waals surface area contributed by atoms with Crippen LogP contribution in [0.25, 0.3) is 0 Å². The normalized spacial score (nSPS) is 11.2. The number of hydrogen-bond acceptors (Lipinski definition) is 4. The molecule has 0 saturated heterocycles. The van der Waals surface area contributed by atoms with Crippen LogP contribution >= 0.6 is 0 Å². The van der Waals surface area contributed by atoms with Crippen LogP contribution in [-0.4, -0.2) is 29.0 Å². The summed E-state index contributed by atoms with van der Waals surface area (Å²) in [6.07, 6.45) is 1.32. The summed E-state index contributed by atoms with van der Waals surface area (Å²) in [7, 11) is 1.52. The van der Waals surface area contributed by atoms with Gasteiger partial charge in [0.15, 0.2) is 5.84 Å². The molecule has 0 aliphatic rings. The second-order valence-electron chi connectivity index (χ2n) is 4.26. The summed E-state index contributed by atoms with van der Waals surface area (Å²) in [4.78, 5) is 17.5. The van der Waals surface area contributed by atoms with E-state index in [1.807, 2.05) is 0 Å². The first-order valence-electron chi connectivity index (χ1n) is 6.00. The van der Waals surface area contributed by atoms with Gasteiger partial charge < -0.3 is 15.8 Å². The molecule has 7 heteroatoms. The van der Waals surface area contributed by atoms with Crippen LogP contribution in [0.2, 0.25) is 0 Å². The number of amides is 1. The van der Waals surface area contributed by atoms with Crippen molar-refractivity contribution in [1.29, 1.82) is 0 Å². The average molecular weight is 288 g/mol. The van der Waals surface area contributed by atoms with Crippen LogP contribution in [0.5, 0.6) is 0 Å². The maximum atomic E-state index is 13.2. The molecule has 0 bridgehead atoms. The number of nitrogens with two attached hydrogens (primary N) is 1. The van der Waals surface area contributed by atoms with Crippen molar-refractivity contribution in [3.63, 3.8) is 0 Å². The molecule has 1 amide bonds. The molecule has 6 nitrogen and oxygen atoms in total. The van der Waals surface area contributed by atoms with Crippen LogP contribution in [-0.2, 0) is 0 Å². The Hall–Kier alpha value is -2.96. The van der Waals surface area contributed by atoms with Crippen molar-refractivity contribution in [3.05, 3.63) is 59.7 Å². The van der Waals surface area contributed by atoms with E-state index in [0.717, 1.165) is 0 Å². The number of halogens is 1. The van der Waals surface area contributed by atoms with Crippen LogP contribution in [0.1, 0.15) is 16.1 Å². The highest BCUT2D eigenvalue weighted by molar-refractivity contribution is 6.05. The van der Waals surface area contributed by atoms with Gasteiger partial charge in [0.25, 0.3) is 5.91 Å². The van der Waals surface area contributed by atoms with E-state index in [1.54, 1.807) is 6.07 Å². The second kappa shape index (κ2) is 6.00. The van der Waals surface area contributed by atoms with E-state index >= 15 is 0 Å². The van der Waals surface area contributed by atoms with Gasteiger partial charge in [0.2, 0.25) is 0 Å². The molecule has 0 aliphatic carbocycles. The number of aromatic nitrogens is 1. The van der Waals surface area contributed by atoms with Crippen molar-refractivity contribution >= 4 is 17.4 Å². The molecule has 21 heavy (non-hydrogen) atoms. The number of benzene rings is 1. The number of nitrogens with zero attached hydrogens (tertiary/aromatic N) is 3. The van der Waals surface area contributed by atoms with Gasteiger partial charge in [-0.2, -0.15) is 0 Å². The Kier molecular flexibility index (Phi) is 4.13. The SMILES string of the molecule is CN(C(=O)c1ccc(C(N)=NO)cn1)c1cccc(F)c1. The van der Waals surface area contributed by atoms with E-state index in [0.29, 0.717) is 11.3 Å². The number of amidine groups is 1. The standard InChI is InChI=1S/C14H13FN4O2/c1-19(11-4-2-3-10(15)7-11)14(20)12-6-5-9(8-17-12)13(16)18-21/h2-8,21H,1H3,(H2,16,18). The quantitative estimate of drug-likeness (QED) is 0.388. The van der Waals surface area contributed by atoms with E-state index in [2.05, 4.69) is 10.1 Å². The van der Waals surface area contributed by atoms with Crippen molar-refractivity contribution in [2.45, 2.75) is 0 Å². The van der Waals surface area contributed by atoms with Gasteiger partial charge in [0.05, 0.1) is 0 Å². The zero-order chi connectivity index (χ0) is 15.4. The van der Waals surface area contributed by atoms with Gasteiger partial charge in [-0.1, -0.05) is 11.2 Å². The van der Waals surface area contributed by atoms with Crippen molar-refractivity contribution in [1.82, 2.24) is 4.98 Å². The Morgan fingerprint density at radius 1 is 1.38 bits per heavy atom. The van der Waals surface area contributed by atoms with E-state index in [4.69, 9.17) is 10.9 Å². The third kappa shape index (κ3) is 3.14. The smallest absolute Gasteiger partial charge is 0.276 e. The molecule has 0 aliphatic heterocycles. The molecule has 2 aromatic rings. The lowest BCUT2D eigenvalue weighted by atomic mass is 10.2. The van der Waals surface area contributed by atoms with Gasteiger partial charge in [-0.05, 0) is 30.3 Å². The zero-order valence-corrected chi connectivity index (χ0v) is 11.2. The lowest BCUT2D eigenvalue weighted by Crippen LogP contribution is -2.27. The fourth-order valence-electron chi connectivity index (χ4n) is 1.70. The minimum Gasteiger partial charge on any atom is -0.409 e. The summed E-state index contributed by atoms with van der Waals surface area (Å²) < 4.78 is 13.2. The maximum absolute atomic E-state index is 13.2. The summed E-state index contributed by atoms with van der Waals surface area (Å²) in [5.74, 6) is -0.922. The first-order chi connectivity index (χ1) is 10.0. The van der Waals surface area contributed by atoms with Crippen molar-refractivity contribution < 1.29 is 14.4 Å². The molecule has 0 radical (unpaired) electrons. The number of oxime groups is 1. The second-order valence-corrected chi connectivity index (χ2v) is 4.26. The highest BCUT2D eigenvalue weighted by Crippen LogP contribution is 2.16. The van der Waals surface area contributed by atoms with Gasteiger partial charge in [-0.15, -0.1) is 0 Å². The number of carbonyl (C=O) groups excluding carboxylic acids is 1. The van der Waals surface area contributed by atoms with Crippen LogP contribution in [0, 0.1) is 5.82 Å². The molecule has 1 aromatic carbocycles. The molecule has 0 unspecified atom stereocenters. The summed E-state index contributed by atoms with van der Waals surface area (Å²) in [5, 5.41) is 11.4. The molecule has 2 rings (SSSR count). The first-order valence-corrected chi connectivity index (χ1v) is 6.00. The topological polar surface area (TPSA) is 91.8 Å². The molecule has 3 N–H and O–H groups in total. The molecular weight excluding hydrogens is 275 g/mol. The predicted octanol–water partition coefficient (Wildman–Crippen LogP) is 1.59. The number of carbonyl (C=O) groups is 1. The van der Waals surface area contributed by atoms with Crippen LogP contribution in [0.15, 0.2) is 47.8 Å². The first kappa shape index (κ1) is 14.4. The predicted molar refractivity (Wildman–Crippen MR) is 75.9 cm³/mol. The highest BCUT2D eigenvalue weighted by Gasteiger charge is 2.15. The minimum atomic E-state index is -0.428. The van der Waals surface area contributed by atoms with Crippen LogP contribution in [0.3, 0.4) is 0 Å². The Bertz CT molecular complexity index is 686. The van der Waals surface area contributed by atoms with E-state index in [-0.39, 0.29) is 11.5 Å². The van der Waals surface area contributed by atoms with Gasteiger partial charge in [0.1, 0.15) is 11.5 Å². The fourth-order valence-corrected chi connectivity index (χ4v) is 1.70. The van der Waals surface area contributed by atoms with Crippen molar-refractivity contribution in [2.75, 3.05) is 11.9 Å². The largest absolute Gasteiger partial charge is 0.409 e. The third-order valence-corrected chi connectivity index (χ3v) is 2.89. The number of anilines is 1. The molecule has 108 valence electrons. The number of hydrogen-bond donors (Lipinski definition) is 2. The molecule has 0 saturated carbocycles. The zero-order valence-electron chi connectivity index (χ0n) is 11.2. The summed E-state index contributed by atoms with van der Waals surface area (Å²) in [6, 6.07) is 8.64. The van der Waals surface area contributed by atoms with Gasteiger partial charge in [-0.25, -0.2) is 4.39 Å². The summed E-state index contributed by atoms with van der Waals surface area (Å²) in [5.41, 5.74) is 6.38. The van der Waals surface area contributed by atoms with E-state index < -0.39 is 11.7 Å². The van der Waals surface area contributed by atoms with Crippen molar-refractivity contribution in [3.8, 4) is 0 Å². The average Bonchev–Trinajstić information content (AvgIpc) is 2.53. The lowest BCUT2D eigenvalue weighted by Gasteiger charge is -2.16. The fraction of sp³-hybridized carbons (Fsp3) is 0.0714. The Balaban J connectivity index is 2.23. The third-order valence-electron chi connectivity index (χ3n) is 2.89. The Morgan fingerprint density at radius 3 is 2.71 bits per heavy atom. The summed E-state index contributed by atoms with van der Waals surface area (Å²) >= 11 is 0. The number of rotatable bonds is 3. The molecule has 0 atom stereocenters. The van der Waals surface area contributed by atoms with Gasteiger partial charge in [0, 0.05) is 24.5 Å². The van der Waals surface area contributed by atoms with E-state index in [9.17, 15) is 9.18 Å². The van der Waals surface area contributed by atoms with Gasteiger partial charge in [-0.3, -0.25) is 9.78 Å². The molecule has 0 spiro atoms. The summed E-state index contributed by atoms with van der Waals surface area (Å²) in [6.45, 7) is 0. The van der Waals surface area contributed by atoms with Gasteiger partial charge >= 0.3 is 0 Å².